The van der Waals surface area contributed by atoms with Gasteiger partial charge in [0.15, 0.2) is 11.5 Å². The van der Waals surface area contributed by atoms with E-state index in [2.05, 4.69) is 10.6 Å². The first-order chi connectivity index (χ1) is 14.5. The van der Waals surface area contributed by atoms with Crippen molar-refractivity contribution in [2.45, 2.75) is 63.3 Å². The number of hydrogen-bond acceptors (Lipinski definition) is 4. The van der Waals surface area contributed by atoms with Gasteiger partial charge in [-0.05, 0) is 80.4 Å². The molecule has 0 atom stereocenters. The topological polar surface area (TPSA) is 76.7 Å². The van der Waals surface area contributed by atoms with Crippen LogP contribution in [0.4, 0.5) is 0 Å². The molecular weight excluding hydrogens is 380 g/mol. The van der Waals surface area contributed by atoms with Crippen LogP contribution >= 0.6 is 0 Å². The number of benzene rings is 1. The van der Waals surface area contributed by atoms with Gasteiger partial charge in [0, 0.05) is 24.9 Å². The van der Waals surface area contributed by atoms with Crippen molar-refractivity contribution in [2.75, 3.05) is 20.8 Å². The smallest absolute Gasteiger partial charge is 0.220 e. The fourth-order valence-corrected chi connectivity index (χ4v) is 6.32. The van der Waals surface area contributed by atoms with Crippen molar-refractivity contribution < 1.29 is 19.1 Å². The molecule has 0 unspecified atom stereocenters. The van der Waals surface area contributed by atoms with Crippen molar-refractivity contribution in [3.05, 3.63) is 23.8 Å². The molecule has 4 saturated carbocycles. The summed E-state index contributed by atoms with van der Waals surface area (Å²) < 4.78 is 10.6. The zero-order valence-corrected chi connectivity index (χ0v) is 18.2. The monoisotopic (exact) mass is 414 g/mol. The Balaban J connectivity index is 1.18. The standard InChI is InChI=1S/C24H34N2O4/c1-29-20-4-3-16(12-21(20)30-2)7-8-25-22(27)5-6-23(28)26-24-13-17-9-18(14-24)11-19(10-17)15-24/h3-4,12,17-19H,5-11,13-15H2,1-2H3,(H,25,27)(H,26,28). The van der Waals surface area contributed by atoms with Crippen molar-refractivity contribution in [1.82, 2.24) is 10.6 Å². The maximum Gasteiger partial charge on any atom is 0.220 e. The average Bonchev–Trinajstić information content (AvgIpc) is 2.70. The van der Waals surface area contributed by atoms with Gasteiger partial charge >= 0.3 is 0 Å². The molecule has 6 heteroatoms. The molecule has 6 nitrogen and oxygen atoms in total. The lowest BCUT2D eigenvalue weighted by molar-refractivity contribution is -0.130. The van der Waals surface area contributed by atoms with Crippen molar-refractivity contribution in [3.8, 4) is 11.5 Å². The highest BCUT2D eigenvalue weighted by Gasteiger charge is 2.51. The second kappa shape index (κ2) is 8.86. The zero-order valence-electron chi connectivity index (χ0n) is 18.2. The van der Waals surface area contributed by atoms with Crippen LogP contribution in [0.1, 0.15) is 56.9 Å². The van der Waals surface area contributed by atoms with E-state index in [4.69, 9.17) is 9.47 Å². The van der Waals surface area contributed by atoms with Gasteiger partial charge in [0.05, 0.1) is 14.2 Å². The lowest BCUT2D eigenvalue weighted by atomic mass is 9.53. The summed E-state index contributed by atoms with van der Waals surface area (Å²) in [6, 6.07) is 5.75. The molecule has 164 valence electrons. The highest BCUT2D eigenvalue weighted by Crippen LogP contribution is 2.55. The van der Waals surface area contributed by atoms with E-state index in [1.54, 1.807) is 14.2 Å². The molecule has 4 aliphatic carbocycles. The van der Waals surface area contributed by atoms with E-state index in [1.165, 1.54) is 19.3 Å². The average molecular weight is 415 g/mol. The third-order valence-corrected chi connectivity index (χ3v) is 7.21. The maximum atomic E-state index is 12.5. The van der Waals surface area contributed by atoms with Crippen molar-refractivity contribution >= 4 is 11.8 Å². The predicted octanol–water partition coefficient (Wildman–Crippen LogP) is 3.23. The third-order valence-electron chi connectivity index (χ3n) is 7.21. The second-order valence-electron chi connectivity index (χ2n) is 9.54. The molecule has 0 spiro atoms. The summed E-state index contributed by atoms with van der Waals surface area (Å²) in [5.41, 5.74) is 1.09. The van der Waals surface area contributed by atoms with E-state index in [-0.39, 0.29) is 30.2 Å². The Morgan fingerprint density at radius 2 is 1.53 bits per heavy atom. The molecule has 4 fully saturated rings. The normalized spacial score (nSPS) is 28.8. The number of ether oxygens (including phenoxy) is 2. The van der Waals surface area contributed by atoms with Crippen LogP contribution in [0.2, 0.25) is 0 Å². The minimum Gasteiger partial charge on any atom is -0.493 e. The summed E-state index contributed by atoms with van der Waals surface area (Å²) in [5.74, 6) is 3.74. The molecular formula is C24H34N2O4. The van der Waals surface area contributed by atoms with Crippen LogP contribution in [0, 0.1) is 17.8 Å². The van der Waals surface area contributed by atoms with E-state index in [0.717, 1.165) is 42.6 Å². The van der Waals surface area contributed by atoms with Gasteiger partial charge < -0.3 is 20.1 Å². The van der Waals surface area contributed by atoms with Gasteiger partial charge in [-0.15, -0.1) is 0 Å². The first kappa shape index (κ1) is 21.0. The molecule has 0 radical (unpaired) electrons. The number of rotatable bonds is 9. The molecule has 0 aliphatic heterocycles. The van der Waals surface area contributed by atoms with Crippen LogP contribution in [-0.4, -0.2) is 38.1 Å². The van der Waals surface area contributed by atoms with Crippen LogP contribution < -0.4 is 20.1 Å². The van der Waals surface area contributed by atoms with E-state index in [9.17, 15) is 9.59 Å². The van der Waals surface area contributed by atoms with Gasteiger partial charge in [-0.25, -0.2) is 0 Å². The molecule has 0 aromatic heterocycles. The lowest BCUT2D eigenvalue weighted by Crippen LogP contribution is -2.59. The molecule has 0 saturated heterocycles. The molecule has 4 aliphatic rings. The molecule has 4 bridgehead atoms. The Labute approximate surface area is 179 Å². The quantitative estimate of drug-likeness (QED) is 0.650. The molecule has 2 amide bonds. The highest BCUT2D eigenvalue weighted by molar-refractivity contribution is 5.84. The van der Waals surface area contributed by atoms with Crippen molar-refractivity contribution in [3.63, 3.8) is 0 Å². The summed E-state index contributed by atoms with van der Waals surface area (Å²) in [4.78, 5) is 24.7. The summed E-state index contributed by atoms with van der Waals surface area (Å²) in [7, 11) is 3.22. The molecule has 30 heavy (non-hydrogen) atoms. The van der Waals surface area contributed by atoms with Crippen LogP contribution in [0.5, 0.6) is 11.5 Å². The molecule has 1 aromatic rings. The van der Waals surface area contributed by atoms with E-state index in [0.29, 0.717) is 24.5 Å². The SMILES string of the molecule is COc1ccc(CCNC(=O)CCC(=O)NC23CC4CC(CC(C4)C2)C3)cc1OC. The van der Waals surface area contributed by atoms with Crippen molar-refractivity contribution in [2.24, 2.45) is 17.8 Å². The van der Waals surface area contributed by atoms with Crippen LogP contribution in [0.25, 0.3) is 0 Å². The Bertz CT molecular complexity index is 756. The summed E-state index contributed by atoms with van der Waals surface area (Å²) in [6.07, 6.45) is 8.71. The summed E-state index contributed by atoms with van der Waals surface area (Å²) in [5, 5.41) is 6.26. The number of carbonyl (C=O) groups excluding carboxylic acids is 2. The number of hydrogen-bond donors (Lipinski definition) is 2. The van der Waals surface area contributed by atoms with Gasteiger partial charge in [-0.3, -0.25) is 9.59 Å². The molecule has 1 aromatic carbocycles. The second-order valence-corrected chi connectivity index (χ2v) is 9.54. The van der Waals surface area contributed by atoms with Gasteiger partial charge in [0.1, 0.15) is 0 Å². The number of carbonyl (C=O) groups is 2. The van der Waals surface area contributed by atoms with E-state index < -0.39 is 0 Å². The number of methoxy groups -OCH3 is 2. The maximum absolute atomic E-state index is 12.5. The van der Waals surface area contributed by atoms with Gasteiger partial charge in [-0.2, -0.15) is 0 Å². The van der Waals surface area contributed by atoms with Crippen LogP contribution in [-0.2, 0) is 16.0 Å². The molecule has 2 N–H and O–H groups in total. The van der Waals surface area contributed by atoms with Crippen molar-refractivity contribution in [1.29, 1.82) is 0 Å². The lowest BCUT2D eigenvalue weighted by Gasteiger charge is -2.56. The summed E-state index contributed by atoms with van der Waals surface area (Å²) >= 11 is 0. The molecule has 5 rings (SSSR count). The zero-order chi connectivity index (χ0) is 21.1. The Morgan fingerprint density at radius 1 is 0.933 bits per heavy atom. The van der Waals surface area contributed by atoms with Gasteiger partial charge in [0.25, 0.3) is 0 Å². The van der Waals surface area contributed by atoms with Gasteiger partial charge in [0.2, 0.25) is 11.8 Å². The Hall–Kier alpha value is -2.24. The fraction of sp³-hybridized carbons (Fsp3) is 0.667. The first-order valence-electron chi connectivity index (χ1n) is 11.3. The molecule has 0 heterocycles. The minimum absolute atomic E-state index is 0.0235. The third kappa shape index (κ3) is 4.73. The highest BCUT2D eigenvalue weighted by atomic mass is 16.5. The van der Waals surface area contributed by atoms with Crippen LogP contribution in [0.3, 0.4) is 0 Å². The minimum atomic E-state index is -0.0730. The number of nitrogens with one attached hydrogen (secondary N) is 2. The Morgan fingerprint density at radius 3 is 2.13 bits per heavy atom. The largest absolute Gasteiger partial charge is 0.493 e. The van der Waals surface area contributed by atoms with Gasteiger partial charge in [-0.1, -0.05) is 6.07 Å². The Kier molecular flexibility index (Phi) is 6.21. The van der Waals surface area contributed by atoms with Crippen LogP contribution in [0.15, 0.2) is 18.2 Å². The first-order valence-corrected chi connectivity index (χ1v) is 11.3. The number of amides is 2. The fourth-order valence-electron chi connectivity index (χ4n) is 6.32. The summed E-state index contributed by atoms with van der Waals surface area (Å²) in [6.45, 7) is 0.533. The predicted molar refractivity (Wildman–Crippen MR) is 115 cm³/mol. The van der Waals surface area contributed by atoms with E-state index >= 15 is 0 Å². The van der Waals surface area contributed by atoms with E-state index in [1.807, 2.05) is 18.2 Å².